The van der Waals surface area contributed by atoms with Crippen molar-refractivity contribution in [3.05, 3.63) is 0 Å². The van der Waals surface area contributed by atoms with E-state index in [4.69, 9.17) is 0 Å². The minimum Gasteiger partial charge on any atom is -0.301 e. The fraction of sp³-hybridized carbons (Fsp3) is 0.917. The SMILES string of the molecule is CCC(=O)CCCN(CC)C(C)CC. The van der Waals surface area contributed by atoms with E-state index in [1.54, 1.807) is 0 Å². The van der Waals surface area contributed by atoms with Crippen molar-refractivity contribution in [1.82, 2.24) is 4.90 Å². The third-order valence-corrected chi connectivity index (χ3v) is 2.92. The molecule has 0 radical (unpaired) electrons. The Kier molecular flexibility index (Phi) is 7.77. The molecular formula is C12H25NO. The fourth-order valence-corrected chi connectivity index (χ4v) is 1.60. The maximum absolute atomic E-state index is 11.1. The third-order valence-electron chi connectivity index (χ3n) is 2.92. The number of ketones is 1. The molecule has 14 heavy (non-hydrogen) atoms. The van der Waals surface area contributed by atoms with Gasteiger partial charge in [0.2, 0.25) is 0 Å². The average molecular weight is 199 g/mol. The van der Waals surface area contributed by atoms with Crippen LogP contribution in [0.25, 0.3) is 0 Å². The second-order valence-corrected chi connectivity index (χ2v) is 3.88. The van der Waals surface area contributed by atoms with Gasteiger partial charge < -0.3 is 4.90 Å². The van der Waals surface area contributed by atoms with Crippen LogP contribution in [0.3, 0.4) is 0 Å². The number of rotatable bonds is 8. The van der Waals surface area contributed by atoms with E-state index in [1.165, 1.54) is 6.42 Å². The van der Waals surface area contributed by atoms with Gasteiger partial charge in [0.25, 0.3) is 0 Å². The Morgan fingerprint density at radius 2 is 1.93 bits per heavy atom. The molecule has 0 spiro atoms. The van der Waals surface area contributed by atoms with Crippen molar-refractivity contribution in [2.24, 2.45) is 0 Å². The predicted molar refractivity (Wildman–Crippen MR) is 61.5 cm³/mol. The lowest BCUT2D eigenvalue weighted by atomic mass is 10.1. The maximum atomic E-state index is 11.1. The van der Waals surface area contributed by atoms with Gasteiger partial charge in [0.05, 0.1) is 0 Å². The molecule has 1 unspecified atom stereocenters. The minimum absolute atomic E-state index is 0.394. The second-order valence-electron chi connectivity index (χ2n) is 3.88. The minimum atomic E-state index is 0.394. The highest BCUT2D eigenvalue weighted by molar-refractivity contribution is 5.77. The highest BCUT2D eigenvalue weighted by Crippen LogP contribution is 2.05. The largest absolute Gasteiger partial charge is 0.301 e. The van der Waals surface area contributed by atoms with Crippen LogP contribution in [0, 0.1) is 0 Å². The molecule has 0 aliphatic carbocycles. The van der Waals surface area contributed by atoms with Crippen LogP contribution < -0.4 is 0 Å². The molecular weight excluding hydrogens is 174 g/mol. The van der Waals surface area contributed by atoms with E-state index in [0.29, 0.717) is 18.2 Å². The van der Waals surface area contributed by atoms with Gasteiger partial charge in [-0.3, -0.25) is 4.79 Å². The lowest BCUT2D eigenvalue weighted by Crippen LogP contribution is -2.33. The molecule has 0 saturated carbocycles. The molecule has 0 fully saturated rings. The zero-order valence-electron chi connectivity index (χ0n) is 10.2. The monoisotopic (exact) mass is 199 g/mol. The van der Waals surface area contributed by atoms with Crippen molar-refractivity contribution < 1.29 is 4.79 Å². The van der Waals surface area contributed by atoms with Gasteiger partial charge in [-0.2, -0.15) is 0 Å². The third kappa shape index (κ3) is 5.38. The van der Waals surface area contributed by atoms with Crippen molar-refractivity contribution in [2.75, 3.05) is 13.1 Å². The topological polar surface area (TPSA) is 20.3 Å². The molecule has 84 valence electrons. The molecule has 0 N–H and O–H groups in total. The number of nitrogens with zero attached hydrogens (tertiary/aromatic N) is 1. The van der Waals surface area contributed by atoms with Gasteiger partial charge in [-0.1, -0.05) is 20.8 Å². The maximum Gasteiger partial charge on any atom is 0.132 e. The number of carbonyl (C=O) groups excluding carboxylic acids is 1. The van der Waals surface area contributed by atoms with Gasteiger partial charge in [0.15, 0.2) is 0 Å². The molecule has 0 amide bonds. The van der Waals surface area contributed by atoms with Gasteiger partial charge in [0.1, 0.15) is 5.78 Å². The molecule has 0 aliphatic heterocycles. The number of carbonyl (C=O) groups is 1. The Labute approximate surface area is 88.7 Å². The van der Waals surface area contributed by atoms with E-state index in [0.717, 1.165) is 25.9 Å². The first kappa shape index (κ1) is 13.6. The Morgan fingerprint density at radius 3 is 2.36 bits per heavy atom. The number of hydrogen-bond donors (Lipinski definition) is 0. The van der Waals surface area contributed by atoms with Gasteiger partial charge in [-0.25, -0.2) is 0 Å². The zero-order chi connectivity index (χ0) is 11.0. The predicted octanol–water partition coefficient (Wildman–Crippen LogP) is 2.87. The average Bonchev–Trinajstić information content (AvgIpc) is 2.22. The lowest BCUT2D eigenvalue weighted by Gasteiger charge is -2.26. The summed E-state index contributed by atoms with van der Waals surface area (Å²) in [5.41, 5.74) is 0. The normalized spacial score (nSPS) is 13.2. The zero-order valence-corrected chi connectivity index (χ0v) is 10.2. The summed E-state index contributed by atoms with van der Waals surface area (Å²) < 4.78 is 0. The summed E-state index contributed by atoms with van der Waals surface area (Å²) in [4.78, 5) is 13.5. The number of hydrogen-bond acceptors (Lipinski definition) is 2. The van der Waals surface area contributed by atoms with E-state index < -0.39 is 0 Å². The summed E-state index contributed by atoms with van der Waals surface area (Å²) in [6, 6.07) is 0.650. The molecule has 0 aromatic carbocycles. The Balaban J connectivity index is 3.67. The van der Waals surface area contributed by atoms with Crippen LogP contribution in [0.15, 0.2) is 0 Å². The van der Waals surface area contributed by atoms with Gasteiger partial charge in [0, 0.05) is 18.9 Å². The Morgan fingerprint density at radius 1 is 1.29 bits per heavy atom. The van der Waals surface area contributed by atoms with Crippen LogP contribution in [-0.4, -0.2) is 29.8 Å². The Bertz CT molecular complexity index is 156. The molecule has 2 nitrogen and oxygen atoms in total. The van der Waals surface area contributed by atoms with E-state index in [2.05, 4.69) is 25.7 Å². The smallest absolute Gasteiger partial charge is 0.132 e. The van der Waals surface area contributed by atoms with E-state index in [-0.39, 0.29) is 0 Å². The summed E-state index contributed by atoms with van der Waals surface area (Å²) in [7, 11) is 0. The summed E-state index contributed by atoms with van der Waals surface area (Å²) >= 11 is 0. The van der Waals surface area contributed by atoms with Crippen LogP contribution in [0.2, 0.25) is 0 Å². The van der Waals surface area contributed by atoms with Crippen molar-refractivity contribution in [1.29, 1.82) is 0 Å². The quantitative estimate of drug-likeness (QED) is 0.599. The van der Waals surface area contributed by atoms with Gasteiger partial charge in [-0.05, 0) is 32.9 Å². The van der Waals surface area contributed by atoms with Crippen LogP contribution in [0.5, 0.6) is 0 Å². The molecule has 0 heterocycles. The summed E-state index contributed by atoms with van der Waals surface area (Å²) in [5.74, 6) is 0.394. The Hall–Kier alpha value is -0.370. The van der Waals surface area contributed by atoms with Crippen LogP contribution in [0.4, 0.5) is 0 Å². The summed E-state index contributed by atoms with van der Waals surface area (Å²) in [6.07, 6.45) is 3.65. The van der Waals surface area contributed by atoms with Crippen molar-refractivity contribution in [3.8, 4) is 0 Å². The van der Waals surface area contributed by atoms with Crippen molar-refractivity contribution in [3.63, 3.8) is 0 Å². The molecule has 0 rings (SSSR count). The highest BCUT2D eigenvalue weighted by atomic mass is 16.1. The van der Waals surface area contributed by atoms with Gasteiger partial charge >= 0.3 is 0 Å². The summed E-state index contributed by atoms with van der Waals surface area (Å²) in [6.45, 7) is 10.8. The first-order chi connectivity index (χ1) is 6.65. The second kappa shape index (κ2) is 7.98. The molecule has 0 saturated heterocycles. The van der Waals surface area contributed by atoms with Crippen molar-refractivity contribution >= 4 is 5.78 Å². The van der Waals surface area contributed by atoms with Gasteiger partial charge in [-0.15, -0.1) is 0 Å². The van der Waals surface area contributed by atoms with E-state index in [1.807, 2.05) is 6.92 Å². The van der Waals surface area contributed by atoms with E-state index in [9.17, 15) is 4.79 Å². The van der Waals surface area contributed by atoms with Crippen LogP contribution in [0.1, 0.15) is 53.4 Å². The molecule has 0 aliphatic rings. The molecule has 2 heteroatoms. The first-order valence-electron chi connectivity index (χ1n) is 5.91. The number of Topliss-reactive ketones (excluding diaryl/α,β-unsaturated/α-hetero) is 1. The van der Waals surface area contributed by atoms with Crippen LogP contribution in [-0.2, 0) is 4.79 Å². The standard InChI is InChI=1S/C12H25NO/c1-5-11(4)13(7-3)10-8-9-12(14)6-2/h11H,5-10H2,1-4H3. The van der Waals surface area contributed by atoms with E-state index >= 15 is 0 Å². The molecule has 0 aromatic rings. The fourth-order valence-electron chi connectivity index (χ4n) is 1.60. The van der Waals surface area contributed by atoms with Crippen molar-refractivity contribution in [2.45, 2.75) is 59.4 Å². The van der Waals surface area contributed by atoms with Crippen LogP contribution >= 0.6 is 0 Å². The molecule has 0 aromatic heterocycles. The lowest BCUT2D eigenvalue weighted by molar-refractivity contribution is -0.118. The molecule has 1 atom stereocenters. The molecule has 0 bridgehead atoms. The summed E-state index contributed by atoms with van der Waals surface area (Å²) in [5, 5.41) is 0. The highest BCUT2D eigenvalue weighted by Gasteiger charge is 2.09. The first-order valence-corrected chi connectivity index (χ1v) is 5.91.